The molecule has 1 aromatic heterocycles. The maximum atomic E-state index is 11.4. The normalized spacial score (nSPS) is 9.81. The molecule has 0 N–H and O–H groups in total. The minimum atomic E-state index is 0. The zero-order valence-corrected chi connectivity index (χ0v) is 11.7. The van der Waals surface area contributed by atoms with Crippen molar-refractivity contribution >= 4 is 32.6 Å². The molecule has 1 aromatic carbocycles. The standard InChI is InChI=1S/C12H11BrNO.BrH/c13-8-11(15)9-14-7-3-5-10-4-1-2-6-12(10)14;/h1-7H,8-9H2;1H/q+1;/p-1. The Morgan fingerprint density at radius 2 is 1.88 bits per heavy atom. The molecule has 2 nitrogen and oxygen atoms in total. The summed E-state index contributed by atoms with van der Waals surface area (Å²) in [5, 5.41) is 1.56. The zero-order chi connectivity index (χ0) is 10.7. The zero-order valence-electron chi connectivity index (χ0n) is 8.57. The number of halogens is 2. The van der Waals surface area contributed by atoms with Gasteiger partial charge in [0.2, 0.25) is 17.8 Å². The van der Waals surface area contributed by atoms with Crippen molar-refractivity contribution in [3.8, 4) is 0 Å². The van der Waals surface area contributed by atoms with E-state index in [1.807, 2.05) is 47.2 Å². The van der Waals surface area contributed by atoms with Gasteiger partial charge in [-0.25, -0.2) is 0 Å². The number of rotatable bonds is 3. The monoisotopic (exact) mass is 343 g/mol. The second-order valence-electron chi connectivity index (χ2n) is 3.37. The summed E-state index contributed by atoms with van der Waals surface area (Å²) in [6, 6.07) is 12.1. The third kappa shape index (κ3) is 2.89. The highest BCUT2D eigenvalue weighted by atomic mass is 79.9. The van der Waals surface area contributed by atoms with E-state index < -0.39 is 0 Å². The molecule has 84 valence electrons. The highest BCUT2D eigenvalue weighted by Crippen LogP contribution is 2.07. The fourth-order valence-corrected chi connectivity index (χ4v) is 1.77. The number of ketones is 1. The summed E-state index contributed by atoms with van der Waals surface area (Å²) in [6.45, 7) is 0.423. The van der Waals surface area contributed by atoms with Crippen molar-refractivity contribution in [2.45, 2.75) is 6.54 Å². The van der Waals surface area contributed by atoms with E-state index in [0.29, 0.717) is 11.9 Å². The predicted octanol–water partition coefficient (Wildman–Crippen LogP) is -0.905. The average molecular weight is 345 g/mol. The van der Waals surface area contributed by atoms with E-state index in [9.17, 15) is 4.79 Å². The second kappa shape index (κ2) is 6.11. The number of hydrogen-bond acceptors (Lipinski definition) is 1. The summed E-state index contributed by atoms with van der Waals surface area (Å²) in [6.07, 6.45) is 1.93. The Hall–Kier alpha value is -0.740. The van der Waals surface area contributed by atoms with Crippen LogP contribution in [0.2, 0.25) is 0 Å². The van der Waals surface area contributed by atoms with Gasteiger partial charge in [0.05, 0.1) is 5.33 Å². The van der Waals surface area contributed by atoms with Crippen LogP contribution >= 0.6 is 15.9 Å². The molecule has 2 aromatic rings. The van der Waals surface area contributed by atoms with Crippen molar-refractivity contribution in [2.75, 3.05) is 5.33 Å². The highest BCUT2D eigenvalue weighted by Gasteiger charge is 2.11. The number of carbonyl (C=O) groups is 1. The predicted molar refractivity (Wildman–Crippen MR) is 62.9 cm³/mol. The summed E-state index contributed by atoms with van der Waals surface area (Å²) in [7, 11) is 0. The van der Waals surface area contributed by atoms with Crippen LogP contribution in [0.15, 0.2) is 42.6 Å². The first-order chi connectivity index (χ1) is 7.31. The summed E-state index contributed by atoms with van der Waals surface area (Å²) < 4.78 is 1.97. The third-order valence-corrected chi connectivity index (χ3v) is 2.91. The smallest absolute Gasteiger partial charge is 0.212 e. The van der Waals surface area contributed by atoms with Gasteiger partial charge in [0.25, 0.3) is 0 Å². The maximum Gasteiger partial charge on any atom is 0.212 e. The molecule has 1 heterocycles. The van der Waals surface area contributed by atoms with Crippen LogP contribution in [0, 0.1) is 0 Å². The molecule has 4 heteroatoms. The Morgan fingerprint density at radius 1 is 1.19 bits per heavy atom. The number of para-hydroxylation sites is 1. The number of fused-ring (bicyclic) bond motifs is 1. The molecule has 0 saturated carbocycles. The molecule has 0 bridgehead atoms. The Kier molecular flexibility index (Phi) is 5.09. The highest BCUT2D eigenvalue weighted by molar-refractivity contribution is 9.09. The average Bonchev–Trinajstić information content (AvgIpc) is 2.29. The van der Waals surface area contributed by atoms with E-state index in [1.54, 1.807) is 0 Å². The van der Waals surface area contributed by atoms with Gasteiger partial charge in [0.15, 0.2) is 6.20 Å². The van der Waals surface area contributed by atoms with Gasteiger partial charge in [-0.1, -0.05) is 28.1 Å². The molecule has 0 aliphatic carbocycles. The minimum absolute atomic E-state index is 0. The van der Waals surface area contributed by atoms with E-state index >= 15 is 0 Å². The Bertz CT molecular complexity index is 494. The lowest BCUT2D eigenvalue weighted by atomic mass is 10.2. The molecule has 0 amide bonds. The van der Waals surface area contributed by atoms with Crippen LogP contribution in [0.1, 0.15) is 0 Å². The van der Waals surface area contributed by atoms with Crippen molar-refractivity contribution in [1.82, 2.24) is 0 Å². The molecule has 2 rings (SSSR count). The van der Waals surface area contributed by atoms with Gasteiger partial charge in [-0.2, -0.15) is 4.57 Å². The van der Waals surface area contributed by atoms with Crippen molar-refractivity contribution in [3.05, 3.63) is 42.6 Å². The molecule has 0 atom stereocenters. The summed E-state index contributed by atoms with van der Waals surface area (Å²) >= 11 is 3.17. The van der Waals surface area contributed by atoms with Crippen LogP contribution in [0.3, 0.4) is 0 Å². The Labute approximate surface area is 113 Å². The van der Waals surface area contributed by atoms with Crippen LogP contribution in [0.5, 0.6) is 0 Å². The van der Waals surface area contributed by atoms with Crippen molar-refractivity contribution in [2.24, 2.45) is 0 Å². The Morgan fingerprint density at radius 3 is 2.62 bits per heavy atom. The number of nitrogens with zero attached hydrogens (tertiary/aromatic N) is 1. The van der Waals surface area contributed by atoms with Crippen LogP contribution in [-0.2, 0) is 11.3 Å². The number of pyridine rings is 1. The molecule has 0 aliphatic heterocycles. The molecule has 0 aliphatic rings. The lowest BCUT2D eigenvalue weighted by molar-refractivity contribution is -0.658. The number of Topliss-reactive ketones (excluding diaryl/α,β-unsaturated/α-hetero) is 1. The summed E-state index contributed by atoms with van der Waals surface area (Å²) in [5.41, 5.74) is 1.09. The molecular weight excluding hydrogens is 334 g/mol. The third-order valence-electron chi connectivity index (χ3n) is 2.28. The molecule has 16 heavy (non-hydrogen) atoms. The van der Waals surface area contributed by atoms with Gasteiger partial charge >= 0.3 is 0 Å². The number of carbonyl (C=O) groups excluding carboxylic acids is 1. The second-order valence-corrected chi connectivity index (χ2v) is 3.93. The van der Waals surface area contributed by atoms with Gasteiger partial charge in [-0.3, -0.25) is 4.79 Å². The fourth-order valence-electron chi connectivity index (χ4n) is 1.59. The van der Waals surface area contributed by atoms with Gasteiger partial charge in [-0.15, -0.1) is 0 Å². The topological polar surface area (TPSA) is 20.9 Å². The van der Waals surface area contributed by atoms with Gasteiger partial charge in [-0.05, 0) is 12.1 Å². The number of hydrogen-bond donors (Lipinski definition) is 0. The lowest BCUT2D eigenvalue weighted by Gasteiger charge is -1.98. The van der Waals surface area contributed by atoms with Crippen molar-refractivity contribution in [3.63, 3.8) is 0 Å². The van der Waals surface area contributed by atoms with E-state index in [2.05, 4.69) is 15.9 Å². The van der Waals surface area contributed by atoms with Crippen LogP contribution in [0.4, 0.5) is 0 Å². The largest absolute Gasteiger partial charge is 1.00 e. The first-order valence-electron chi connectivity index (χ1n) is 4.76. The summed E-state index contributed by atoms with van der Waals surface area (Å²) in [4.78, 5) is 11.4. The van der Waals surface area contributed by atoms with Crippen LogP contribution in [-0.4, -0.2) is 11.1 Å². The number of alkyl halides is 1. The van der Waals surface area contributed by atoms with E-state index in [-0.39, 0.29) is 22.8 Å². The molecule has 0 radical (unpaired) electrons. The van der Waals surface area contributed by atoms with Crippen LogP contribution < -0.4 is 21.5 Å². The van der Waals surface area contributed by atoms with E-state index in [1.165, 1.54) is 0 Å². The van der Waals surface area contributed by atoms with E-state index in [0.717, 1.165) is 10.9 Å². The molecule has 0 saturated heterocycles. The summed E-state index contributed by atoms with van der Waals surface area (Å²) in [5.74, 6) is 0.177. The van der Waals surface area contributed by atoms with Gasteiger partial charge in [0, 0.05) is 17.5 Å². The number of aromatic nitrogens is 1. The molecule has 0 unspecified atom stereocenters. The maximum absolute atomic E-state index is 11.4. The SMILES string of the molecule is O=C(CBr)C[n+]1cccc2ccccc21.[Br-]. The number of benzene rings is 1. The minimum Gasteiger partial charge on any atom is -1.00 e. The first-order valence-corrected chi connectivity index (χ1v) is 5.88. The van der Waals surface area contributed by atoms with Crippen molar-refractivity contribution < 1.29 is 26.3 Å². The van der Waals surface area contributed by atoms with Crippen molar-refractivity contribution in [1.29, 1.82) is 0 Å². The molecule has 0 spiro atoms. The molecule has 0 fully saturated rings. The van der Waals surface area contributed by atoms with Gasteiger partial charge in [0.1, 0.15) is 0 Å². The van der Waals surface area contributed by atoms with Crippen LogP contribution in [0.25, 0.3) is 10.9 Å². The lowest BCUT2D eigenvalue weighted by Crippen LogP contribution is -3.00. The first kappa shape index (κ1) is 13.3. The molecular formula is C12H11Br2NO. The van der Waals surface area contributed by atoms with E-state index in [4.69, 9.17) is 0 Å². The van der Waals surface area contributed by atoms with Gasteiger partial charge < -0.3 is 17.0 Å². The fraction of sp³-hybridized carbons (Fsp3) is 0.167. The quantitative estimate of drug-likeness (QED) is 0.522. The Balaban J connectivity index is 0.00000128.